The van der Waals surface area contributed by atoms with Gasteiger partial charge in [0.2, 0.25) is 5.91 Å². The quantitative estimate of drug-likeness (QED) is 0.921. The molecule has 19 heavy (non-hydrogen) atoms. The van der Waals surface area contributed by atoms with Gasteiger partial charge in [-0.1, -0.05) is 6.07 Å². The van der Waals surface area contributed by atoms with Crippen LogP contribution in [0.25, 0.3) is 0 Å². The third-order valence-corrected chi connectivity index (χ3v) is 3.91. The molecule has 1 atom stereocenters. The molecule has 2 rings (SSSR count). The molecule has 5 heteroatoms. The summed E-state index contributed by atoms with van der Waals surface area (Å²) in [7, 11) is 1.63. The number of nitrogens with zero attached hydrogens (tertiary/aromatic N) is 1. The van der Waals surface area contributed by atoms with E-state index in [4.69, 9.17) is 4.74 Å². The maximum absolute atomic E-state index is 12.2. The number of benzene rings is 1. The summed E-state index contributed by atoms with van der Waals surface area (Å²) < 4.78 is 6.07. The number of carbonyl (C=O) groups excluding carboxylic acids is 1. The average Bonchev–Trinajstić information content (AvgIpc) is 2.39. The van der Waals surface area contributed by atoms with Crippen LogP contribution in [0.5, 0.6) is 5.75 Å². The standard InChI is InChI=1S/C14H19BrN2O2/c1-10-9-17(6-5-16-10)14(18)8-11-3-4-13(19-2)12(15)7-11/h3-4,7,10,16H,5-6,8-9H2,1-2H3/t10-/m1/s1. The van der Waals surface area contributed by atoms with Crippen molar-refractivity contribution in [3.8, 4) is 5.75 Å². The average molecular weight is 327 g/mol. The van der Waals surface area contributed by atoms with Gasteiger partial charge >= 0.3 is 0 Å². The van der Waals surface area contributed by atoms with E-state index >= 15 is 0 Å². The SMILES string of the molecule is COc1ccc(CC(=O)N2CCN[C@H](C)C2)cc1Br. The van der Waals surface area contributed by atoms with E-state index in [0.717, 1.165) is 35.4 Å². The Labute approximate surface area is 122 Å². The lowest BCUT2D eigenvalue weighted by molar-refractivity contribution is -0.131. The highest BCUT2D eigenvalue weighted by Gasteiger charge is 2.20. The Kier molecular flexibility index (Phi) is 4.82. The molecule has 1 heterocycles. The number of rotatable bonds is 3. The number of hydrogen-bond acceptors (Lipinski definition) is 3. The van der Waals surface area contributed by atoms with E-state index < -0.39 is 0 Å². The molecule has 0 spiro atoms. The highest BCUT2D eigenvalue weighted by atomic mass is 79.9. The zero-order valence-electron chi connectivity index (χ0n) is 11.3. The van der Waals surface area contributed by atoms with E-state index in [1.807, 2.05) is 23.1 Å². The number of amides is 1. The molecule has 0 unspecified atom stereocenters. The van der Waals surface area contributed by atoms with Gasteiger partial charge in [-0.3, -0.25) is 4.79 Å². The molecule has 104 valence electrons. The fourth-order valence-corrected chi connectivity index (χ4v) is 2.85. The number of halogens is 1. The van der Waals surface area contributed by atoms with Gasteiger partial charge in [0.25, 0.3) is 0 Å². The first-order valence-electron chi connectivity index (χ1n) is 6.43. The molecule has 1 N–H and O–H groups in total. The van der Waals surface area contributed by atoms with Crippen molar-refractivity contribution in [3.05, 3.63) is 28.2 Å². The maximum Gasteiger partial charge on any atom is 0.227 e. The molecule has 1 aliphatic heterocycles. The van der Waals surface area contributed by atoms with Crippen molar-refractivity contribution >= 4 is 21.8 Å². The fourth-order valence-electron chi connectivity index (χ4n) is 2.27. The molecule has 0 bridgehead atoms. The summed E-state index contributed by atoms with van der Waals surface area (Å²) in [4.78, 5) is 14.2. The van der Waals surface area contributed by atoms with Gasteiger partial charge in [0.1, 0.15) is 5.75 Å². The zero-order valence-corrected chi connectivity index (χ0v) is 12.9. The number of piperazine rings is 1. The van der Waals surface area contributed by atoms with Gasteiger partial charge < -0.3 is 15.0 Å². The highest BCUT2D eigenvalue weighted by molar-refractivity contribution is 9.10. The Morgan fingerprint density at radius 1 is 1.58 bits per heavy atom. The molecule has 0 aliphatic carbocycles. The van der Waals surface area contributed by atoms with Gasteiger partial charge in [0, 0.05) is 25.7 Å². The third-order valence-electron chi connectivity index (χ3n) is 3.29. The minimum absolute atomic E-state index is 0.186. The lowest BCUT2D eigenvalue weighted by Gasteiger charge is -2.32. The molecule has 0 aromatic heterocycles. The van der Waals surface area contributed by atoms with E-state index in [2.05, 4.69) is 28.2 Å². The van der Waals surface area contributed by atoms with Crippen LogP contribution in [0.2, 0.25) is 0 Å². The van der Waals surface area contributed by atoms with Crippen molar-refractivity contribution in [3.63, 3.8) is 0 Å². The van der Waals surface area contributed by atoms with Crippen LogP contribution in [0.1, 0.15) is 12.5 Å². The molecule has 1 aromatic rings. The Balaban J connectivity index is 2.00. The van der Waals surface area contributed by atoms with Gasteiger partial charge in [-0.2, -0.15) is 0 Å². The van der Waals surface area contributed by atoms with Gasteiger partial charge in [0.05, 0.1) is 18.0 Å². The van der Waals surface area contributed by atoms with Crippen LogP contribution in [-0.2, 0) is 11.2 Å². The first kappa shape index (κ1) is 14.3. The van der Waals surface area contributed by atoms with Crippen LogP contribution in [0.4, 0.5) is 0 Å². The predicted molar refractivity (Wildman–Crippen MR) is 78.4 cm³/mol. The number of nitrogens with one attached hydrogen (secondary N) is 1. The first-order chi connectivity index (χ1) is 9.10. The number of ether oxygens (including phenoxy) is 1. The fraction of sp³-hybridized carbons (Fsp3) is 0.500. The van der Waals surface area contributed by atoms with E-state index in [-0.39, 0.29) is 5.91 Å². The number of carbonyl (C=O) groups is 1. The zero-order chi connectivity index (χ0) is 13.8. The van der Waals surface area contributed by atoms with Crippen molar-refractivity contribution in [2.24, 2.45) is 0 Å². The largest absolute Gasteiger partial charge is 0.496 e. The van der Waals surface area contributed by atoms with E-state index in [0.29, 0.717) is 12.5 Å². The van der Waals surface area contributed by atoms with Crippen LogP contribution in [0.3, 0.4) is 0 Å². The minimum Gasteiger partial charge on any atom is -0.496 e. The van der Waals surface area contributed by atoms with E-state index in [1.165, 1.54) is 0 Å². The van der Waals surface area contributed by atoms with E-state index in [1.54, 1.807) is 7.11 Å². The molecule has 4 nitrogen and oxygen atoms in total. The van der Waals surface area contributed by atoms with Crippen molar-refractivity contribution < 1.29 is 9.53 Å². The molecule has 1 amide bonds. The summed E-state index contributed by atoms with van der Waals surface area (Å²) >= 11 is 3.44. The Morgan fingerprint density at radius 3 is 3.00 bits per heavy atom. The minimum atomic E-state index is 0.186. The lowest BCUT2D eigenvalue weighted by atomic mass is 10.1. The Morgan fingerprint density at radius 2 is 2.37 bits per heavy atom. The van der Waals surface area contributed by atoms with Crippen molar-refractivity contribution in [2.75, 3.05) is 26.7 Å². The summed E-state index contributed by atoms with van der Waals surface area (Å²) in [6, 6.07) is 6.14. The molecular formula is C14H19BrN2O2. The predicted octanol–water partition coefficient (Wildman–Crippen LogP) is 1.82. The molecule has 0 radical (unpaired) electrons. The topological polar surface area (TPSA) is 41.6 Å². The van der Waals surface area contributed by atoms with Crippen LogP contribution < -0.4 is 10.1 Å². The summed E-state index contributed by atoms with van der Waals surface area (Å²) in [5.41, 5.74) is 1.00. The van der Waals surface area contributed by atoms with Gasteiger partial charge in [0.15, 0.2) is 0 Å². The molecule has 1 aliphatic rings. The van der Waals surface area contributed by atoms with Crippen molar-refractivity contribution in [1.29, 1.82) is 0 Å². The molecule has 0 saturated carbocycles. The second-order valence-corrected chi connectivity index (χ2v) is 5.69. The van der Waals surface area contributed by atoms with Crippen molar-refractivity contribution in [1.82, 2.24) is 10.2 Å². The second kappa shape index (κ2) is 6.39. The third kappa shape index (κ3) is 3.70. The molecule has 1 aromatic carbocycles. The highest BCUT2D eigenvalue weighted by Crippen LogP contribution is 2.25. The van der Waals surface area contributed by atoms with Crippen molar-refractivity contribution in [2.45, 2.75) is 19.4 Å². The maximum atomic E-state index is 12.2. The summed E-state index contributed by atoms with van der Waals surface area (Å²) in [5.74, 6) is 0.970. The van der Waals surface area contributed by atoms with Gasteiger partial charge in [-0.25, -0.2) is 0 Å². The Bertz CT molecular complexity index is 465. The van der Waals surface area contributed by atoms with Gasteiger partial charge in [-0.05, 0) is 40.5 Å². The molecule has 1 fully saturated rings. The van der Waals surface area contributed by atoms with Crippen LogP contribution >= 0.6 is 15.9 Å². The van der Waals surface area contributed by atoms with Crippen LogP contribution in [0, 0.1) is 0 Å². The van der Waals surface area contributed by atoms with E-state index in [9.17, 15) is 4.79 Å². The summed E-state index contributed by atoms with van der Waals surface area (Å²) in [6.45, 7) is 4.55. The smallest absolute Gasteiger partial charge is 0.227 e. The molecule has 1 saturated heterocycles. The number of methoxy groups -OCH3 is 1. The van der Waals surface area contributed by atoms with Gasteiger partial charge in [-0.15, -0.1) is 0 Å². The first-order valence-corrected chi connectivity index (χ1v) is 7.23. The molecular weight excluding hydrogens is 308 g/mol. The Hall–Kier alpha value is -1.07. The van der Waals surface area contributed by atoms with Crippen LogP contribution in [-0.4, -0.2) is 43.6 Å². The summed E-state index contributed by atoms with van der Waals surface area (Å²) in [6.07, 6.45) is 0.440. The monoisotopic (exact) mass is 326 g/mol. The normalized spacial score (nSPS) is 19.3. The lowest BCUT2D eigenvalue weighted by Crippen LogP contribution is -2.51. The number of hydrogen-bond donors (Lipinski definition) is 1. The summed E-state index contributed by atoms with van der Waals surface area (Å²) in [5, 5.41) is 3.34. The second-order valence-electron chi connectivity index (χ2n) is 4.84. The van der Waals surface area contributed by atoms with Crippen LogP contribution in [0.15, 0.2) is 22.7 Å².